The maximum atomic E-state index is 10.3. The molecule has 0 spiro atoms. The fourth-order valence-corrected chi connectivity index (χ4v) is 3.02. The van der Waals surface area contributed by atoms with Gasteiger partial charge in [-0.05, 0) is 28.7 Å². The molecule has 7 N–H and O–H groups in total. The summed E-state index contributed by atoms with van der Waals surface area (Å²) in [4.78, 5) is 0. The van der Waals surface area contributed by atoms with E-state index in [-0.39, 0.29) is 35.9 Å². The SMILES string of the molecule is CC(C)c1cc(-c2nnc(O)n2Cc2ccc(CNC(=N)N)cc2)c(O)cc1O. The van der Waals surface area contributed by atoms with E-state index in [1.807, 2.05) is 38.1 Å². The van der Waals surface area contributed by atoms with Gasteiger partial charge in [0.15, 0.2) is 11.8 Å². The Morgan fingerprint density at radius 1 is 1.07 bits per heavy atom. The van der Waals surface area contributed by atoms with Crippen LogP contribution in [0.1, 0.15) is 36.5 Å². The third-order valence-corrected chi connectivity index (χ3v) is 4.59. The number of phenols is 2. The monoisotopic (exact) mass is 396 g/mol. The van der Waals surface area contributed by atoms with Crippen molar-refractivity contribution in [3.8, 4) is 28.9 Å². The molecular formula is C20H24N6O3. The molecule has 0 radical (unpaired) electrons. The number of aromatic nitrogens is 3. The lowest BCUT2D eigenvalue weighted by molar-refractivity contribution is 0.404. The lowest BCUT2D eigenvalue weighted by atomic mass is 9.98. The maximum absolute atomic E-state index is 10.3. The average Bonchev–Trinajstić information content (AvgIpc) is 3.01. The Labute approximate surface area is 168 Å². The molecule has 0 aliphatic rings. The number of benzene rings is 2. The van der Waals surface area contributed by atoms with Crippen LogP contribution in [0, 0.1) is 5.41 Å². The summed E-state index contributed by atoms with van der Waals surface area (Å²) in [5, 5.41) is 48.3. The van der Waals surface area contributed by atoms with Gasteiger partial charge in [0.2, 0.25) is 0 Å². The van der Waals surface area contributed by atoms with Crippen LogP contribution < -0.4 is 11.1 Å². The number of aromatic hydroxyl groups is 3. The molecule has 152 valence electrons. The smallest absolute Gasteiger partial charge is 0.315 e. The summed E-state index contributed by atoms with van der Waals surface area (Å²) in [5.74, 6) is 0.0970. The molecule has 0 amide bonds. The predicted octanol–water partition coefficient (Wildman–Crippen LogP) is 2.22. The summed E-state index contributed by atoms with van der Waals surface area (Å²) in [6.45, 7) is 4.59. The van der Waals surface area contributed by atoms with Crippen molar-refractivity contribution in [1.29, 1.82) is 5.41 Å². The van der Waals surface area contributed by atoms with Crippen LogP contribution >= 0.6 is 0 Å². The number of guanidine groups is 1. The van der Waals surface area contributed by atoms with Crippen molar-refractivity contribution in [3.63, 3.8) is 0 Å². The zero-order valence-electron chi connectivity index (χ0n) is 16.2. The summed E-state index contributed by atoms with van der Waals surface area (Å²) in [5.41, 5.74) is 8.17. The standard InChI is InChI=1S/C20H24N6O3/c1-11(2)14-7-15(17(28)8-16(14)27)18-24-25-20(29)26(18)10-13-5-3-12(4-6-13)9-23-19(21)22/h3-8,11,27-28H,9-10H2,1-2H3,(H,25,29)(H4,21,22,23). The van der Waals surface area contributed by atoms with Crippen molar-refractivity contribution in [2.24, 2.45) is 5.73 Å². The second-order valence-electron chi connectivity index (χ2n) is 7.08. The first kappa shape index (κ1) is 20.0. The highest BCUT2D eigenvalue weighted by molar-refractivity contribution is 5.74. The Morgan fingerprint density at radius 2 is 1.72 bits per heavy atom. The number of hydrogen-bond acceptors (Lipinski definition) is 6. The molecule has 3 aromatic rings. The van der Waals surface area contributed by atoms with Gasteiger partial charge in [0, 0.05) is 12.6 Å². The molecule has 0 saturated carbocycles. The predicted molar refractivity (Wildman–Crippen MR) is 109 cm³/mol. The Hall–Kier alpha value is -3.75. The van der Waals surface area contributed by atoms with Gasteiger partial charge < -0.3 is 26.4 Å². The summed E-state index contributed by atoms with van der Waals surface area (Å²) in [6, 6.07) is 10.2. The van der Waals surface area contributed by atoms with Gasteiger partial charge in [-0.3, -0.25) is 9.98 Å². The van der Waals surface area contributed by atoms with Crippen molar-refractivity contribution in [2.75, 3.05) is 0 Å². The molecule has 1 heterocycles. The first-order chi connectivity index (χ1) is 13.8. The van der Waals surface area contributed by atoms with Crippen molar-refractivity contribution in [1.82, 2.24) is 20.1 Å². The molecule has 0 unspecified atom stereocenters. The van der Waals surface area contributed by atoms with Crippen LogP contribution in [-0.4, -0.2) is 36.0 Å². The van der Waals surface area contributed by atoms with E-state index in [1.54, 1.807) is 6.07 Å². The molecule has 3 rings (SSSR count). The minimum absolute atomic E-state index is 0.00583. The first-order valence-electron chi connectivity index (χ1n) is 9.10. The number of rotatable bonds is 6. The van der Waals surface area contributed by atoms with E-state index in [2.05, 4.69) is 15.5 Å². The number of nitrogens with two attached hydrogens (primary N) is 1. The molecule has 0 saturated heterocycles. The summed E-state index contributed by atoms with van der Waals surface area (Å²) in [6.07, 6.45) is 0. The largest absolute Gasteiger partial charge is 0.508 e. The number of nitrogens with one attached hydrogen (secondary N) is 2. The fourth-order valence-electron chi connectivity index (χ4n) is 3.02. The number of hydrogen-bond donors (Lipinski definition) is 6. The van der Waals surface area contributed by atoms with Gasteiger partial charge in [0.25, 0.3) is 0 Å². The molecule has 0 aliphatic heterocycles. The van der Waals surface area contributed by atoms with Crippen LogP contribution in [0.5, 0.6) is 17.5 Å². The topological polar surface area (TPSA) is 153 Å². The summed E-state index contributed by atoms with van der Waals surface area (Å²) in [7, 11) is 0. The lowest BCUT2D eigenvalue weighted by Crippen LogP contribution is -2.29. The Morgan fingerprint density at radius 3 is 2.34 bits per heavy atom. The zero-order valence-corrected chi connectivity index (χ0v) is 16.2. The highest BCUT2D eigenvalue weighted by Crippen LogP contribution is 2.38. The fraction of sp³-hybridized carbons (Fsp3) is 0.250. The van der Waals surface area contributed by atoms with Crippen LogP contribution in [-0.2, 0) is 13.1 Å². The number of nitrogens with zero attached hydrogens (tertiary/aromatic N) is 3. The van der Waals surface area contributed by atoms with E-state index in [0.29, 0.717) is 23.5 Å². The van der Waals surface area contributed by atoms with Crippen LogP contribution in [0.2, 0.25) is 0 Å². The normalized spacial score (nSPS) is 11.0. The van der Waals surface area contributed by atoms with Crippen LogP contribution in [0.4, 0.5) is 0 Å². The van der Waals surface area contributed by atoms with E-state index >= 15 is 0 Å². The highest BCUT2D eigenvalue weighted by Gasteiger charge is 2.20. The first-order valence-corrected chi connectivity index (χ1v) is 9.10. The molecular weight excluding hydrogens is 372 g/mol. The van der Waals surface area contributed by atoms with Crippen molar-refractivity contribution < 1.29 is 15.3 Å². The van der Waals surface area contributed by atoms with Gasteiger partial charge in [-0.2, -0.15) is 0 Å². The Kier molecular flexibility index (Phi) is 5.58. The van der Waals surface area contributed by atoms with Crippen LogP contribution in [0.3, 0.4) is 0 Å². The molecule has 29 heavy (non-hydrogen) atoms. The van der Waals surface area contributed by atoms with Crippen molar-refractivity contribution in [3.05, 3.63) is 53.1 Å². The summed E-state index contributed by atoms with van der Waals surface area (Å²) < 4.78 is 1.49. The third-order valence-electron chi connectivity index (χ3n) is 4.59. The van der Waals surface area contributed by atoms with E-state index in [1.165, 1.54) is 10.6 Å². The Balaban J connectivity index is 1.91. The van der Waals surface area contributed by atoms with Gasteiger partial charge in [0.1, 0.15) is 11.5 Å². The van der Waals surface area contributed by atoms with E-state index in [9.17, 15) is 15.3 Å². The molecule has 2 aromatic carbocycles. The van der Waals surface area contributed by atoms with Crippen molar-refractivity contribution >= 4 is 5.96 Å². The van der Waals surface area contributed by atoms with Gasteiger partial charge in [0.05, 0.1) is 12.1 Å². The number of phenolic OH excluding ortho intramolecular Hbond substituents is 2. The van der Waals surface area contributed by atoms with Gasteiger partial charge in [-0.1, -0.05) is 43.2 Å². The minimum Gasteiger partial charge on any atom is -0.508 e. The molecule has 1 aromatic heterocycles. The quantitative estimate of drug-likeness (QED) is 0.276. The third kappa shape index (κ3) is 4.40. The van der Waals surface area contributed by atoms with Gasteiger partial charge in [-0.15, -0.1) is 5.10 Å². The van der Waals surface area contributed by atoms with Gasteiger partial charge in [-0.25, -0.2) is 0 Å². The van der Waals surface area contributed by atoms with E-state index in [0.717, 1.165) is 11.1 Å². The van der Waals surface area contributed by atoms with Crippen molar-refractivity contribution in [2.45, 2.75) is 32.9 Å². The van der Waals surface area contributed by atoms with Gasteiger partial charge >= 0.3 is 6.01 Å². The summed E-state index contributed by atoms with van der Waals surface area (Å²) >= 11 is 0. The molecule has 0 fully saturated rings. The highest BCUT2D eigenvalue weighted by atomic mass is 16.3. The Bertz CT molecular complexity index is 1030. The molecule has 0 atom stereocenters. The second kappa shape index (κ2) is 8.09. The molecule has 9 nitrogen and oxygen atoms in total. The molecule has 0 bridgehead atoms. The molecule has 9 heteroatoms. The minimum atomic E-state index is -0.277. The average molecular weight is 396 g/mol. The van der Waals surface area contributed by atoms with Crippen LogP contribution in [0.15, 0.2) is 36.4 Å². The zero-order chi connectivity index (χ0) is 21.1. The van der Waals surface area contributed by atoms with E-state index < -0.39 is 0 Å². The van der Waals surface area contributed by atoms with E-state index in [4.69, 9.17) is 11.1 Å². The molecule has 0 aliphatic carbocycles. The lowest BCUT2D eigenvalue weighted by Gasteiger charge is -2.14. The maximum Gasteiger partial charge on any atom is 0.315 e. The van der Waals surface area contributed by atoms with Crippen LogP contribution in [0.25, 0.3) is 11.4 Å². The second-order valence-corrected chi connectivity index (χ2v) is 7.08.